The first-order chi connectivity index (χ1) is 8.70. The minimum atomic E-state index is 0.0301. The van der Waals surface area contributed by atoms with E-state index in [4.69, 9.17) is 0 Å². The number of rotatable bonds is 4. The van der Waals surface area contributed by atoms with Crippen molar-refractivity contribution in [1.29, 1.82) is 0 Å². The van der Waals surface area contributed by atoms with E-state index in [9.17, 15) is 9.59 Å². The van der Waals surface area contributed by atoms with Crippen molar-refractivity contribution in [2.45, 2.75) is 32.6 Å². The maximum Gasteiger partial charge on any atom is 0.227 e. The molecule has 0 saturated carbocycles. The SMILES string of the molecule is CCCC(=O)Nc1ccc(N2CCCC2=O)cc1. The van der Waals surface area contributed by atoms with Crippen LogP contribution in [0.2, 0.25) is 0 Å². The lowest BCUT2D eigenvalue weighted by atomic mass is 10.2. The fourth-order valence-electron chi connectivity index (χ4n) is 2.10. The zero-order valence-electron chi connectivity index (χ0n) is 10.6. The second kappa shape index (κ2) is 5.67. The van der Waals surface area contributed by atoms with Crippen molar-refractivity contribution >= 4 is 23.2 Å². The molecular formula is C14H18N2O2. The van der Waals surface area contributed by atoms with Gasteiger partial charge in [-0.3, -0.25) is 9.59 Å². The van der Waals surface area contributed by atoms with Crippen LogP contribution >= 0.6 is 0 Å². The van der Waals surface area contributed by atoms with Gasteiger partial charge in [0.05, 0.1) is 0 Å². The Morgan fingerprint density at radius 3 is 2.61 bits per heavy atom. The zero-order valence-corrected chi connectivity index (χ0v) is 10.6. The van der Waals surface area contributed by atoms with E-state index in [1.807, 2.05) is 31.2 Å². The number of amides is 2. The van der Waals surface area contributed by atoms with Gasteiger partial charge in [-0.1, -0.05) is 6.92 Å². The minimum absolute atomic E-state index is 0.0301. The van der Waals surface area contributed by atoms with Gasteiger partial charge in [0.1, 0.15) is 0 Å². The maximum absolute atomic E-state index is 11.6. The monoisotopic (exact) mass is 246 g/mol. The molecule has 0 aliphatic carbocycles. The minimum Gasteiger partial charge on any atom is -0.326 e. The highest BCUT2D eigenvalue weighted by molar-refractivity contribution is 5.96. The van der Waals surface area contributed by atoms with Crippen molar-refractivity contribution in [1.82, 2.24) is 0 Å². The Bertz CT molecular complexity index is 440. The Morgan fingerprint density at radius 2 is 2.06 bits per heavy atom. The first-order valence-corrected chi connectivity index (χ1v) is 6.41. The molecule has 2 rings (SSSR count). The standard InChI is InChI=1S/C14H18N2O2/c1-2-4-13(17)15-11-6-8-12(9-7-11)16-10-3-5-14(16)18/h6-9H,2-5,10H2,1H3,(H,15,17). The van der Waals surface area contributed by atoms with E-state index in [0.717, 1.165) is 30.8 Å². The third-order valence-electron chi connectivity index (χ3n) is 3.01. The summed E-state index contributed by atoms with van der Waals surface area (Å²) in [5.41, 5.74) is 1.69. The van der Waals surface area contributed by atoms with Crippen LogP contribution in [0.5, 0.6) is 0 Å². The molecule has 0 spiro atoms. The highest BCUT2D eigenvalue weighted by Gasteiger charge is 2.21. The number of anilines is 2. The van der Waals surface area contributed by atoms with E-state index in [-0.39, 0.29) is 11.8 Å². The Balaban J connectivity index is 2.01. The van der Waals surface area contributed by atoms with Gasteiger partial charge in [0.25, 0.3) is 0 Å². The number of hydrogen-bond acceptors (Lipinski definition) is 2. The van der Waals surface area contributed by atoms with E-state index in [1.54, 1.807) is 4.90 Å². The summed E-state index contributed by atoms with van der Waals surface area (Å²) in [7, 11) is 0. The molecule has 1 aliphatic heterocycles. The molecule has 0 unspecified atom stereocenters. The molecular weight excluding hydrogens is 228 g/mol. The number of carbonyl (C=O) groups is 2. The van der Waals surface area contributed by atoms with Gasteiger partial charge in [0.15, 0.2) is 0 Å². The Labute approximate surface area is 107 Å². The van der Waals surface area contributed by atoms with Crippen LogP contribution in [0, 0.1) is 0 Å². The van der Waals surface area contributed by atoms with Crippen LogP contribution in [0.4, 0.5) is 11.4 Å². The molecule has 1 saturated heterocycles. The molecule has 96 valence electrons. The third kappa shape index (κ3) is 2.88. The molecule has 4 nitrogen and oxygen atoms in total. The van der Waals surface area contributed by atoms with Crippen molar-refractivity contribution in [3.05, 3.63) is 24.3 Å². The summed E-state index contributed by atoms with van der Waals surface area (Å²) >= 11 is 0. The number of hydrogen-bond donors (Lipinski definition) is 1. The lowest BCUT2D eigenvalue weighted by Gasteiger charge is -2.16. The summed E-state index contributed by atoms with van der Waals surface area (Å²) in [6, 6.07) is 7.44. The van der Waals surface area contributed by atoms with Crippen LogP contribution in [-0.2, 0) is 9.59 Å². The summed E-state index contributed by atoms with van der Waals surface area (Å²) in [6.45, 7) is 2.77. The Kier molecular flexibility index (Phi) is 3.97. The fraction of sp³-hybridized carbons (Fsp3) is 0.429. The molecule has 1 aromatic rings. The van der Waals surface area contributed by atoms with Crippen molar-refractivity contribution in [2.24, 2.45) is 0 Å². The van der Waals surface area contributed by atoms with Gasteiger partial charge in [-0.15, -0.1) is 0 Å². The summed E-state index contributed by atoms with van der Waals surface area (Å²) < 4.78 is 0. The molecule has 1 aliphatic rings. The number of carbonyl (C=O) groups excluding carboxylic acids is 2. The quantitative estimate of drug-likeness (QED) is 0.887. The first-order valence-electron chi connectivity index (χ1n) is 6.41. The van der Waals surface area contributed by atoms with Crippen molar-refractivity contribution < 1.29 is 9.59 Å². The van der Waals surface area contributed by atoms with Gasteiger partial charge >= 0.3 is 0 Å². The molecule has 1 fully saturated rings. The van der Waals surface area contributed by atoms with E-state index in [2.05, 4.69) is 5.32 Å². The Morgan fingerprint density at radius 1 is 1.33 bits per heavy atom. The van der Waals surface area contributed by atoms with Gasteiger partial charge < -0.3 is 10.2 Å². The van der Waals surface area contributed by atoms with E-state index < -0.39 is 0 Å². The van der Waals surface area contributed by atoms with Crippen molar-refractivity contribution in [3.8, 4) is 0 Å². The highest BCUT2D eigenvalue weighted by atomic mass is 16.2. The Hall–Kier alpha value is -1.84. The van der Waals surface area contributed by atoms with Gasteiger partial charge in [-0.25, -0.2) is 0 Å². The molecule has 0 aromatic heterocycles. The van der Waals surface area contributed by atoms with Crippen LogP contribution in [0.15, 0.2) is 24.3 Å². The van der Waals surface area contributed by atoms with Crippen LogP contribution in [0.25, 0.3) is 0 Å². The molecule has 1 heterocycles. The summed E-state index contributed by atoms with van der Waals surface area (Å²) in [4.78, 5) is 24.8. The predicted molar refractivity (Wildman–Crippen MR) is 71.6 cm³/mol. The zero-order chi connectivity index (χ0) is 13.0. The summed E-state index contributed by atoms with van der Waals surface area (Å²) in [5.74, 6) is 0.209. The lowest BCUT2D eigenvalue weighted by Crippen LogP contribution is -2.23. The fourth-order valence-corrected chi connectivity index (χ4v) is 2.10. The van der Waals surface area contributed by atoms with Crippen LogP contribution in [-0.4, -0.2) is 18.4 Å². The lowest BCUT2D eigenvalue weighted by molar-refractivity contribution is -0.117. The second-order valence-corrected chi connectivity index (χ2v) is 4.49. The second-order valence-electron chi connectivity index (χ2n) is 4.49. The van der Waals surface area contributed by atoms with Gasteiger partial charge in [0.2, 0.25) is 11.8 Å². The predicted octanol–water partition coefficient (Wildman–Crippen LogP) is 2.55. The normalized spacial score (nSPS) is 14.9. The van der Waals surface area contributed by atoms with Gasteiger partial charge in [-0.2, -0.15) is 0 Å². The number of benzene rings is 1. The van der Waals surface area contributed by atoms with Crippen molar-refractivity contribution in [3.63, 3.8) is 0 Å². The molecule has 1 N–H and O–H groups in total. The largest absolute Gasteiger partial charge is 0.326 e. The van der Waals surface area contributed by atoms with Gasteiger partial charge in [0, 0.05) is 30.8 Å². The molecule has 0 bridgehead atoms. The molecule has 2 amide bonds. The average Bonchev–Trinajstić information content (AvgIpc) is 2.77. The number of nitrogens with one attached hydrogen (secondary N) is 1. The van der Waals surface area contributed by atoms with Gasteiger partial charge in [-0.05, 0) is 37.1 Å². The van der Waals surface area contributed by atoms with Crippen LogP contribution in [0.3, 0.4) is 0 Å². The van der Waals surface area contributed by atoms with Crippen LogP contribution in [0.1, 0.15) is 32.6 Å². The molecule has 4 heteroatoms. The smallest absolute Gasteiger partial charge is 0.227 e. The third-order valence-corrected chi connectivity index (χ3v) is 3.01. The summed E-state index contributed by atoms with van der Waals surface area (Å²) in [5, 5.41) is 2.83. The van der Waals surface area contributed by atoms with E-state index in [0.29, 0.717) is 12.8 Å². The number of nitrogens with zero attached hydrogens (tertiary/aromatic N) is 1. The molecule has 1 aromatic carbocycles. The molecule has 0 atom stereocenters. The van der Waals surface area contributed by atoms with E-state index in [1.165, 1.54) is 0 Å². The van der Waals surface area contributed by atoms with Crippen molar-refractivity contribution in [2.75, 3.05) is 16.8 Å². The van der Waals surface area contributed by atoms with Crippen LogP contribution < -0.4 is 10.2 Å². The maximum atomic E-state index is 11.6. The summed E-state index contributed by atoms with van der Waals surface area (Å²) in [6.07, 6.45) is 2.93. The molecule has 18 heavy (non-hydrogen) atoms. The molecule has 0 radical (unpaired) electrons. The highest BCUT2D eigenvalue weighted by Crippen LogP contribution is 2.23. The topological polar surface area (TPSA) is 49.4 Å². The average molecular weight is 246 g/mol. The first kappa shape index (κ1) is 12.6. The van der Waals surface area contributed by atoms with E-state index >= 15 is 0 Å².